The van der Waals surface area contributed by atoms with Crippen molar-refractivity contribution in [1.82, 2.24) is 0 Å². The van der Waals surface area contributed by atoms with Gasteiger partial charge >= 0.3 is 0 Å². The molecule has 6 rings (SSSR count). The van der Waals surface area contributed by atoms with Gasteiger partial charge in [-0.2, -0.15) is 0 Å². The average molecular weight is 404 g/mol. The van der Waals surface area contributed by atoms with Gasteiger partial charge in [-0.3, -0.25) is 9.59 Å². The van der Waals surface area contributed by atoms with Gasteiger partial charge in [0.1, 0.15) is 11.5 Å². The monoisotopic (exact) mass is 404 g/mol. The molecule has 0 N–H and O–H groups in total. The summed E-state index contributed by atoms with van der Waals surface area (Å²) in [5.74, 6) is -0.384. The van der Waals surface area contributed by atoms with Crippen molar-refractivity contribution < 1.29 is 28.5 Å². The van der Waals surface area contributed by atoms with E-state index in [1.165, 1.54) is 14.2 Å². The van der Waals surface area contributed by atoms with Gasteiger partial charge in [-0.05, 0) is 23.3 Å². The topological polar surface area (TPSA) is 71.1 Å². The van der Waals surface area contributed by atoms with E-state index in [1.807, 2.05) is 36.4 Å². The molecule has 2 bridgehead atoms. The molecule has 0 saturated carbocycles. The van der Waals surface area contributed by atoms with Crippen LogP contribution in [-0.2, 0) is 19.1 Å². The highest BCUT2D eigenvalue weighted by molar-refractivity contribution is 6.26. The fraction of sp³-hybridized carbons (Fsp3) is 0.250. The van der Waals surface area contributed by atoms with Crippen molar-refractivity contribution in [2.45, 2.75) is 11.8 Å². The summed E-state index contributed by atoms with van der Waals surface area (Å²) in [6, 6.07) is 11.6. The lowest BCUT2D eigenvalue weighted by molar-refractivity contribution is -0.121. The lowest BCUT2D eigenvalue weighted by atomic mass is 9.58. The van der Waals surface area contributed by atoms with Crippen molar-refractivity contribution >= 4 is 11.6 Å². The van der Waals surface area contributed by atoms with E-state index in [2.05, 4.69) is 0 Å². The van der Waals surface area contributed by atoms with Gasteiger partial charge in [-0.25, -0.2) is 0 Å². The molecule has 2 aromatic carbocycles. The maximum Gasteiger partial charge on any atom is 0.229 e. The van der Waals surface area contributed by atoms with Crippen molar-refractivity contribution in [3.63, 3.8) is 0 Å². The van der Waals surface area contributed by atoms with Gasteiger partial charge in [0, 0.05) is 34.1 Å². The predicted octanol–water partition coefficient (Wildman–Crippen LogP) is 3.25. The molecule has 2 atom stereocenters. The number of rotatable bonds is 4. The smallest absolute Gasteiger partial charge is 0.229 e. The number of allylic oxidation sites excluding steroid dienone is 2. The van der Waals surface area contributed by atoms with Crippen LogP contribution in [0.5, 0.6) is 11.5 Å². The molecule has 0 amide bonds. The SMILES string of the molecule is COC1=C(OC)C(=O)C2=C(C1=O)C1c3ccccc3C2c2c(OC)ccc(OC)c21. The Bertz CT molecular complexity index is 1100. The standard InChI is InChI=1S/C24H20O6/c1-27-13-9-10-14(28-2)18-16-12-8-6-5-7-11(12)15(17(13)18)19-20(16)22(26)24(30-4)23(29-3)21(19)25/h5-10,15-16H,1-4H3. The Kier molecular flexibility index (Phi) is 4.00. The maximum absolute atomic E-state index is 13.5. The van der Waals surface area contributed by atoms with Crippen LogP contribution in [0.2, 0.25) is 0 Å². The van der Waals surface area contributed by atoms with Crippen LogP contribution in [0.3, 0.4) is 0 Å². The molecule has 0 spiro atoms. The van der Waals surface area contributed by atoms with E-state index in [0.717, 1.165) is 22.3 Å². The van der Waals surface area contributed by atoms with Crippen molar-refractivity contribution in [2.24, 2.45) is 0 Å². The Labute approximate surface area is 173 Å². The lowest BCUT2D eigenvalue weighted by Gasteiger charge is -2.44. The first-order chi connectivity index (χ1) is 14.6. The molecule has 4 aliphatic rings. The zero-order valence-corrected chi connectivity index (χ0v) is 17.1. The van der Waals surface area contributed by atoms with Gasteiger partial charge in [-0.15, -0.1) is 0 Å². The number of benzene rings is 2. The van der Waals surface area contributed by atoms with Gasteiger partial charge in [0.05, 0.1) is 28.4 Å². The second kappa shape index (κ2) is 6.49. The average Bonchev–Trinajstić information content (AvgIpc) is 2.79. The quantitative estimate of drug-likeness (QED) is 0.729. The summed E-state index contributed by atoms with van der Waals surface area (Å²) in [5, 5.41) is 0. The first-order valence-electron chi connectivity index (χ1n) is 9.58. The molecular formula is C24H20O6. The Morgan fingerprint density at radius 2 is 1.00 bits per heavy atom. The molecule has 30 heavy (non-hydrogen) atoms. The highest BCUT2D eigenvalue weighted by Gasteiger charge is 2.53. The minimum atomic E-state index is -0.457. The van der Waals surface area contributed by atoms with Crippen LogP contribution in [0.4, 0.5) is 0 Å². The van der Waals surface area contributed by atoms with Gasteiger partial charge in [-0.1, -0.05) is 24.3 Å². The third-order valence-electron chi connectivity index (χ3n) is 6.23. The minimum absolute atomic E-state index is 0.0605. The number of ether oxygens (including phenoxy) is 4. The van der Waals surface area contributed by atoms with E-state index in [1.54, 1.807) is 14.2 Å². The molecule has 0 aromatic heterocycles. The van der Waals surface area contributed by atoms with Crippen LogP contribution < -0.4 is 9.47 Å². The molecule has 0 heterocycles. The van der Waals surface area contributed by atoms with E-state index in [-0.39, 0.29) is 23.1 Å². The fourth-order valence-corrected chi connectivity index (χ4v) is 5.13. The molecule has 2 unspecified atom stereocenters. The molecule has 152 valence electrons. The van der Waals surface area contributed by atoms with Crippen molar-refractivity contribution in [3.05, 3.63) is 81.3 Å². The molecule has 4 aliphatic carbocycles. The molecular weight excluding hydrogens is 384 g/mol. The normalized spacial score (nSPS) is 21.2. The number of hydrogen-bond acceptors (Lipinski definition) is 6. The molecule has 0 saturated heterocycles. The van der Waals surface area contributed by atoms with E-state index >= 15 is 0 Å². The van der Waals surface area contributed by atoms with Crippen LogP contribution in [0.15, 0.2) is 59.1 Å². The predicted molar refractivity (Wildman–Crippen MR) is 108 cm³/mol. The van der Waals surface area contributed by atoms with Crippen LogP contribution in [0, 0.1) is 0 Å². The Morgan fingerprint density at radius 1 is 0.600 bits per heavy atom. The summed E-state index contributed by atoms with van der Waals surface area (Å²) in [4.78, 5) is 27.0. The third kappa shape index (κ3) is 2.08. The highest BCUT2D eigenvalue weighted by atomic mass is 16.5. The second-order valence-electron chi connectivity index (χ2n) is 7.34. The molecule has 6 heteroatoms. The molecule has 2 aromatic rings. The van der Waals surface area contributed by atoms with Gasteiger partial charge < -0.3 is 18.9 Å². The lowest BCUT2D eigenvalue weighted by Crippen LogP contribution is -2.39. The van der Waals surface area contributed by atoms with Crippen molar-refractivity contribution in [3.8, 4) is 11.5 Å². The zero-order valence-electron chi connectivity index (χ0n) is 17.1. The number of carbonyl (C=O) groups excluding carboxylic acids is 2. The summed E-state index contributed by atoms with van der Waals surface area (Å²) in [6.45, 7) is 0. The molecule has 0 fully saturated rings. The van der Waals surface area contributed by atoms with Crippen molar-refractivity contribution in [2.75, 3.05) is 28.4 Å². The summed E-state index contributed by atoms with van der Waals surface area (Å²) >= 11 is 0. The summed E-state index contributed by atoms with van der Waals surface area (Å²) < 4.78 is 22.0. The van der Waals surface area contributed by atoms with Crippen LogP contribution in [0.1, 0.15) is 34.1 Å². The van der Waals surface area contributed by atoms with E-state index in [9.17, 15) is 9.59 Å². The summed E-state index contributed by atoms with van der Waals surface area (Å²) in [7, 11) is 5.95. The summed E-state index contributed by atoms with van der Waals surface area (Å²) in [5.41, 5.74) is 4.55. The number of methoxy groups -OCH3 is 4. The number of hydrogen-bond donors (Lipinski definition) is 0. The van der Waals surface area contributed by atoms with Crippen molar-refractivity contribution in [1.29, 1.82) is 0 Å². The highest BCUT2D eigenvalue weighted by Crippen LogP contribution is 2.61. The second-order valence-corrected chi connectivity index (χ2v) is 7.34. The fourth-order valence-electron chi connectivity index (χ4n) is 5.13. The van der Waals surface area contributed by atoms with Crippen LogP contribution in [0.25, 0.3) is 0 Å². The largest absolute Gasteiger partial charge is 0.496 e. The Morgan fingerprint density at radius 3 is 1.33 bits per heavy atom. The Balaban J connectivity index is 1.89. The summed E-state index contributed by atoms with van der Waals surface area (Å²) in [6.07, 6.45) is 0. The van der Waals surface area contributed by atoms with E-state index in [4.69, 9.17) is 18.9 Å². The maximum atomic E-state index is 13.5. The van der Waals surface area contributed by atoms with Gasteiger partial charge in [0.25, 0.3) is 0 Å². The van der Waals surface area contributed by atoms with Crippen LogP contribution >= 0.6 is 0 Å². The molecule has 6 nitrogen and oxygen atoms in total. The number of ketones is 2. The minimum Gasteiger partial charge on any atom is -0.496 e. The number of Topliss-reactive ketones (excluding diaryl/α,β-unsaturated/α-hetero) is 2. The van der Waals surface area contributed by atoms with Crippen LogP contribution in [-0.4, -0.2) is 40.0 Å². The molecule has 0 aliphatic heterocycles. The van der Waals surface area contributed by atoms with Gasteiger partial charge in [0.15, 0.2) is 0 Å². The number of carbonyl (C=O) groups is 2. The van der Waals surface area contributed by atoms with Gasteiger partial charge in [0.2, 0.25) is 23.1 Å². The first kappa shape index (κ1) is 18.5. The van der Waals surface area contributed by atoms with E-state index < -0.39 is 11.8 Å². The Hall–Kier alpha value is -3.54. The third-order valence-corrected chi connectivity index (χ3v) is 6.23. The zero-order chi connectivity index (χ0) is 21.2. The first-order valence-corrected chi connectivity index (χ1v) is 9.58. The molecule has 0 radical (unpaired) electrons. The van der Waals surface area contributed by atoms with E-state index in [0.29, 0.717) is 22.6 Å².